The van der Waals surface area contributed by atoms with Gasteiger partial charge in [0.1, 0.15) is 0 Å². The average molecular weight is 321 g/mol. The van der Waals surface area contributed by atoms with E-state index in [1.54, 1.807) is 17.8 Å². The molecule has 0 fully saturated rings. The van der Waals surface area contributed by atoms with Gasteiger partial charge in [-0.2, -0.15) is 0 Å². The maximum atomic E-state index is 12.3. The molecule has 0 saturated heterocycles. The zero-order valence-electron chi connectivity index (χ0n) is 13.3. The Morgan fingerprint density at radius 3 is 2.64 bits per heavy atom. The van der Waals surface area contributed by atoms with Gasteiger partial charge in [0.25, 0.3) is 5.91 Å². The van der Waals surface area contributed by atoms with Gasteiger partial charge < -0.3 is 10.4 Å². The lowest BCUT2D eigenvalue weighted by atomic mass is 10.1. The standard InChI is InChI=1S/C17H23NO3S/c1-12(2)10-11-22-15-7-5-4-6-14(15)17(21)18-13(3)8-9-16(19)20/h4-7,10,13H,8-9,11H2,1-3H3,(H,18,21)(H,19,20). The van der Waals surface area contributed by atoms with Crippen LogP contribution in [-0.4, -0.2) is 28.8 Å². The van der Waals surface area contributed by atoms with Crippen LogP contribution < -0.4 is 5.32 Å². The van der Waals surface area contributed by atoms with Gasteiger partial charge in [-0.25, -0.2) is 0 Å². The van der Waals surface area contributed by atoms with Crippen molar-refractivity contribution in [3.63, 3.8) is 0 Å². The summed E-state index contributed by atoms with van der Waals surface area (Å²) in [5.74, 6) is -0.182. The molecule has 22 heavy (non-hydrogen) atoms. The number of carbonyl (C=O) groups is 2. The van der Waals surface area contributed by atoms with Crippen LogP contribution in [0.3, 0.4) is 0 Å². The minimum atomic E-state index is -0.848. The highest BCUT2D eigenvalue weighted by Crippen LogP contribution is 2.23. The third kappa shape index (κ3) is 6.80. The van der Waals surface area contributed by atoms with Gasteiger partial charge in [-0.1, -0.05) is 23.8 Å². The lowest BCUT2D eigenvalue weighted by Gasteiger charge is -2.14. The Morgan fingerprint density at radius 1 is 1.32 bits per heavy atom. The van der Waals surface area contributed by atoms with E-state index in [9.17, 15) is 9.59 Å². The van der Waals surface area contributed by atoms with E-state index in [0.29, 0.717) is 12.0 Å². The number of carboxylic acid groups (broad SMARTS) is 1. The lowest BCUT2D eigenvalue weighted by molar-refractivity contribution is -0.137. The molecule has 0 aliphatic carbocycles. The van der Waals surface area contributed by atoms with Crippen molar-refractivity contribution in [1.29, 1.82) is 0 Å². The SMILES string of the molecule is CC(C)=CCSc1ccccc1C(=O)NC(C)CCC(=O)O. The summed E-state index contributed by atoms with van der Waals surface area (Å²) in [4.78, 5) is 23.8. The first-order chi connectivity index (χ1) is 10.4. The highest BCUT2D eigenvalue weighted by molar-refractivity contribution is 7.99. The monoisotopic (exact) mass is 321 g/mol. The Morgan fingerprint density at radius 2 is 2.00 bits per heavy atom. The van der Waals surface area contributed by atoms with E-state index in [1.165, 1.54) is 5.57 Å². The lowest BCUT2D eigenvalue weighted by Crippen LogP contribution is -2.33. The minimum absolute atomic E-state index is 0.0540. The number of aliphatic carboxylic acids is 1. The second-order valence-corrected chi connectivity index (χ2v) is 6.46. The zero-order chi connectivity index (χ0) is 16.5. The Bertz CT molecular complexity index is 551. The number of carboxylic acids is 1. The van der Waals surface area contributed by atoms with Crippen LogP contribution in [0.5, 0.6) is 0 Å². The molecule has 1 aromatic carbocycles. The van der Waals surface area contributed by atoms with Crippen LogP contribution in [0.15, 0.2) is 40.8 Å². The molecule has 0 heterocycles. The summed E-state index contributed by atoms with van der Waals surface area (Å²) in [5, 5.41) is 11.5. The van der Waals surface area contributed by atoms with E-state index in [4.69, 9.17) is 5.11 Å². The predicted molar refractivity (Wildman–Crippen MR) is 90.4 cm³/mol. The minimum Gasteiger partial charge on any atom is -0.481 e. The molecule has 0 bridgehead atoms. The van der Waals surface area contributed by atoms with E-state index < -0.39 is 5.97 Å². The smallest absolute Gasteiger partial charge is 0.303 e. The molecule has 0 spiro atoms. The van der Waals surface area contributed by atoms with Crippen molar-refractivity contribution in [2.45, 2.75) is 44.6 Å². The second-order valence-electron chi connectivity index (χ2n) is 5.40. The predicted octanol–water partition coefficient (Wildman–Crippen LogP) is 3.73. The first-order valence-corrected chi connectivity index (χ1v) is 8.26. The quantitative estimate of drug-likeness (QED) is 0.565. The summed E-state index contributed by atoms with van der Waals surface area (Å²) in [6.45, 7) is 5.91. The third-order valence-electron chi connectivity index (χ3n) is 3.03. The van der Waals surface area contributed by atoms with Crippen molar-refractivity contribution in [3.05, 3.63) is 41.5 Å². The molecule has 0 aliphatic rings. The average Bonchev–Trinajstić information content (AvgIpc) is 2.45. The largest absolute Gasteiger partial charge is 0.481 e. The number of hydrogen-bond donors (Lipinski definition) is 2. The number of rotatable bonds is 8. The van der Waals surface area contributed by atoms with E-state index in [1.807, 2.05) is 39.0 Å². The Balaban J connectivity index is 2.68. The molecule has 0 saturated carbocycles. The van der Waals surface area contributed by atoms with E-state index in [2.05, 4.69) is 11.4 Å². The van der Waals surface area contributed by atoms with Crippen molar-refractivity contribution < 1.29 is 14.7 Å². The summed E-state index contributed by atoms with van der Waals surface area (Å²) in [5.41, 5.74) is 1.88. The molecule has 1 amide bonds. The van der Waals surface area contributed by atoms with Crippen molar-refractivity contribution in [1.82, 2.24) is 5.32 Å². The fraction of sp³-hybridized carbons (Fsp3) is 0.412. The van der Waals surface area contributed by atoms with Gasteiger partial charge in [0.15, 0.2) is 0 Å². The number of thioether (sulfide) groups is 1. The molecule has 1 atom stereocenters. The summed E-state index contributed by atoms with van der Waals surface area (Å²) in [6.07, 6.45) is 2.60. The molecular weight excluding hydrogens is 298 g/mol. The van der Waals surface area contributed by atoms with Crippen molar-refractivity contribution in [2.24, 2.45) is 0 Å². The molecule has 0 radical (unpaired) electrons. The molecule has 0 aromatic heterocycles. The molecule has 1 rings (SSSR count). The number of benzene rings is 1. The van der Waals surface area contributed by atoms with E-state index in [0.717, 1.165) is 10.6 Å². The molecule has 1 unspecified atom stereocenters. The number of amides is 1. The van der Waals surface area contributed by atoms with E-state index in [-0.39, 0.29) is 18.4 Å². The number of allylic oxidation sites excluding steroid dienone is 1. The van der Waals surface area contributed by atoms with Gasteiger partial charge in [0, 0.05) is 23.1 Å². The Hall–Kier alpha value is -1.75. The summed E-state index contributed by atoms with van der Waals surface area (Å²) in [7, 11) is 0. The Labute approximate surface area is 136 Å². The summed E-state index contributed by atoms with van der Waals surface area (Å²) in [6, 6.07) is 7.31. The van der Waals surface area contributed by atoms with Gasteiger partial charge in [-0.05, 0) is 39.3 Å². The maximum Gasteiger partial charge on any atom is 0.303 e. The van der Waals surface area contributed by atoms with Crippen LogP contribution in [0.4, 0.5) is 0 Å². The van der Waals surface area contributed by atoms with Crippen LogP contribution >= 0.6 is 11.8 Å². The summed E-state index contributed by atoms with van der Waals surface area (Å²) >= 11 is 1.62. The van der Waals surface area contributed by atoms with Gasteiger partial charge in [0.2, 0.25) is 0 Å². The zero-order valence-corrected chi connectivity index (χ0v) is 14.1. The van der Waals surface area contributed by atoms with Crippen LogP contribution in [0.2, 0.25) is 0 Å². The topological polar surface area (TPSA) is 66.4 Å². The molecule has 120 valence electrons. The van der Waals surface area contributed by atoms with Crippen molar-refractivity contribution >= 4 is 23.6 Å². The Kier molecular flexibility index (Phi) is 7.74. The fourth-order valence-electron chi connectivity index (χ4n) is 1.79. The van der Waals surface area contributed by atoms with Gasteiger partial charge in [-0.15, -0.1) is 11.8 Å². The normalized spacial score (nSPS) is 11.6. The number of nitrogens with one attached hydrogen (secondary N) is 1. The number of carbonyl (C=O) groups excluding carboxylic acids is 1. The van der Waals surface area contributed by atoms with Crippen LogP contribution in [0.25, 0.3) is 0 Å². The number of hydrogen-bond acceptors (Lipinski definition) is 3. The molecule has 5 heteroatoms. The van der Waals surface area contributed by atoms with Crippen molar-refractivity contribution in [2.75, 3.05) is 5.75 Å². The first-order valence-electron chi connectivity index (χ1n) is 7.28. The van der Waals surface area contributed by atoms with Gasteiger partial charge in [-0.3, -0.25) is 9.59 Å². The molecule has 1 aromatic rings. The van der Waals surface area contributed by atoms with Crippen LogP contribution in [0.1, 0.15) is 44.0 Å². The van der Waals surface area contributed by atoms with Crippen molar-refractivity contribution in [3.8, 4) is 0 Å². The molecule has 0 aliphatic heterocycles. The third-order valence-corrected chi connectivity index (χ3v) is 4.03. The summed E-state index contributed by atoms with van der Waals surface area (Å²) < 4.78 is 0. The van der Waals surface area contributed by atoms with Crippen LogP contribution in [0, 0.1) is 0 Å². The molecule has 2 N–H and O–H groups in total. The fourth-order valence-corrected chi connectivity index (χ4v) is 2.88. The van der Waals surface area contributed by atoms with Gasteiger partial charge in [0.05, 0.1) is 5.56 Å². The first kappa shape index (κ1) is 18.3. The highest BCUT2D eigenvalue weighted by Gasteiger charge is 2.14. The van der Waals surface area contributed by atoms with Gasteiger partial charge >= 0.3 is 5.97 Å². The molecular formula is C17H23NO3S. The highest BCUT2D eigenvalue weighted by atomic mass is 32.2. The van der Waals surface area contributed by atoms with Crippen LogP contribution in [-0.2, 0) is 4.79 Å². The molecule has 4 nitrogen and oxygen atoms in total. The second kappa shape index (κ2) is 9.30. The maximum absolute atomic E-state index is 12.3. The van der Waals surface area contributed by atoms with E-state index >= 15 is 0 Å².